The van der Waals surface area contributed by atoms with E-state index >= 15 is 0 Å². The third-order valence-electron chi connectivity index (χ3n) is 4.47. The number of hydrogen-bond acceptors (Lipinski definition) is 7. The van der Waals surface area contributed by atoms with E-state index in [-0.39, 0.29) is 0 Å². The highest BCUT2D eigenvalue weighted by Gasteiger charge is 2.13. The van der Waals surface area contributed by atoms with Crippen LogP contribution in [0.4, 0.5) is 10.8 Å². The van der Waals surface area contributed by atoms with Crippen LogP contribution < -0.4 is 10.1 Å². The number of unbranched alkanes of at least 4 members (excludes halogenated alkanes) is 2. The fraction of sp³-hybridized carbons (Fsp3) is 0.227. The molecule has 0 saturated carbocycles. The Kier molecular flexibility index (Phi) is 7.06. The van der Waals surface area contributed by atoms with E-state index in [1.165, 1.54) is 17.8 Å². The summed E-state index contributed by atoms with van der Waals surface area (Å²) >= 11 is 13.5. The van der Waals surface area contributed by atoms with Gasteiger partial charge in [0.15, 0.2) is 10.9 Å². The highest BCUT2D eigenvalue weighted by molar-refractivity contribution is 7.14. The zero-order valence-corrected chi connectivity index (χ0v) is 19.1. The maximum Gasteiger partial charge on any atom is 0.213 e. The second-order valence-corrected chi connectivity index (χ2v) is 8.48. The molecule has 0 radical (unpaired) electrons. The van der Waals surface area contributed by atoms with E-state index in [9.17, 15) is 0 Å². The Balaban J connectivity index is 1.39. The van der Waals surface area contributed by atoms with Gasteiger partial charge in [-0.2, -0.15) is 0 Å². The number of nitrogens with zero attached hydrogens (tertiary/aromatic N) is 3. The minimum absolute atomic E-state index is 0.467. The zero-order valence-electron chi connectivity index (χ0n) is 16.8. The largest absolute Gasteiger partial charge is 0.478 e. The smallest absolute Gasteiger partial charge is 0.213 e. The van der Waals surface area contributed by atoms with Crippen molar-refractivity contribution in [3.05, 3.63) is 58.0 Å². The maximum absolute atomic E-state index is 6.09. The lowest BCUT2D eigenvalue weighted by Gasteiger charge is -2.06. The van der Waals surface area contributed by atoms with Crippen molar-refractivity contribution >= 4 is 45.4 Å². The Bertz CT molecular complexity index is 1140. The van der Waals surface area contributed by atoms with E-state index in [0.717, 1.165) is 29.2 Å². The Labute approximate surface area is 194 Å². The lowest BCUT2D eigenvalue weighted by Crippen LogP contribution is -1.99. The molecule has 160 valence electrons. The summed E-state index contributed by atoms with van der Waals surface area (Å²) in [6.45, 7) is 2.85. The highest BCUT2D eigenvalue weighted by Crippen LogP contribution is 2.32. The number of benzene rings is 1. The lowest BCUT2D eigenvalue weighted by molar-refractivity contribution is 0.295. The van der Waals surface area contributed by atoms with Crippen molar-refractivity contribution < 1.29 is 9.26 Å². The zero-order chi connectivity index (χ0) is 21.6. The number of ether oxygens (including phenoxy) is 1. The van der Waals surface area contributed by atoms with Gasteiger partial charge in [0.1, 0.15) is 11.4 Å². The number of aromatic nitrogens is 3. The molecule has 3 heterocycles. The van der Waals surface area contributed by atoms with Gasteiger partial charge in [-0.15, -0.1) is 11.3 Å². The monoisotopic (exact) mass is 474 g/mol. The van der Waals surface area contributed by atoms with E-state index in [1.54, 1.807) is 18.3 Å². The minimum atomic E-state index is 0.467. The second kappa shape index (κ2) is 10.1. The number of anilines is 2. The maximum atomic E-state index is 6.09. The summed E-state index contributed by atoms with van der Waals surface area (Å²) in [6, 6.07) is 10.9. The first kappa shape index (κ1) is 21.6. The van der Waals surface area contributed by atoms with Crippen LogP contribution in [0, 0.1) is 0 Å². The minimum Gasteiger partial charge on any atom is -0.478 e. The summed E-state index contributed by atoms with van der Waals surface area (Å²) in [5.74, 6) is 1.19. The Hall–Kier alpha value is -2.61. The fourth-order valence-corrected chi connectivity index (χ4v) is 3.84. The molecule has 0 aliphatic rings. The van der Waals surface area contributed by atoms with Crippen LogP contribution in [0.5, 0.6) is 5.88 Å². The third-order valence-corrected chi connectivity index (χ3v) is 5.96. The number of hydrogen-bond donors (Lipinski definition) is 1. The van der Waals surface area contributed by atoms with Gasteiger partial charge in [-0.1, -0.05) is 54.2 Å². The number of halogens is 2. The summed E-state index contributed by atoms with van der Waals surface area (Å²) in [6.07, 6.45) is 5.09. The molecule has 0 amide bonds. The molecule has 0 saturated heterocycles. The topological polar surface area (TPSA) is 73.1 Å². The van der Waals surface area contributed by atoms with E-state index in [4.69, 9.17) is 32.5 Å². The van der Waals surface area contributed by atoms with Crippen LogP contribution >= 0.6 is 34.5 Å². The molecule has 0 aliphatic carbocycles. The molecule has 0 bridgehead atoms. The van der Waals surface area contributed by atoms with Crippen molar-refractivity contribution in [3.63, 3.8) is 0 Å². The first-order chi connectivity index (χ1) is 15.1. The summed E-state index contributed by atoms with van der Waals surface area (Å²) in [5.41, 5.74) is 3.00. The van der Waals surface area contributed by atoms with Crippen molar-refractivity contribution in [2.24, 2.45) is 0 Å². The molecule has 0 atom stereocenters. The van der Waals surface area contributed by atoms with Crippen molar-refractivity contribution in [3.8, 4) is 28.6 Å². The molecular weight excluding hydrogens is 455 g/mol. The predicted octanol–water partition coefficient (Wildman–Crippen LogP) is 7.48. The number of thiazole rings is 1. The highest BCUT2D eigenvalue weighted by atomic mass is 35.5. The van der Waals surface area contributed by atoms with Gasteiger partial charge in [0.2, 0.25) is 5.88 Å². The van der Waals surface area contributed by atoms with Gasteiger partial charge in [0.25, 0.3) is 0 Å². The average molecular weight is 475 g/mol. The molecule has 1 aromatic carbocycles. The van der Waals surface area contributed by atoms with E-state index in [1.807, 2.05) is 29.6 Å². The van der Waals surface area contributed by atoms with Gasteiger partial charge in [0.05, 0.1) is 28.5 Å². The van der Waals surface area contributed by atoms with Crippen molar-refractivity contribution in [2.45, 2.75) is 26.2 Å². The van der Waals surface area contributed by atoms with Crippen molar-refractivity contribution in [1.82, 2.24) is 15.1 Å². The molecule has 0 spiro atoms. The average Bonchev–Trinajstić information content (AvgIpc) is 3.44. The summed E-state index contributed by atoms with van der Waals surface area (Å²) in [5, 5.41) is 10.9. The summed E-state index contributed by atoms with van der Waals surface area (Å²) in [7, 11) is 0. The van der Waals surface area contributed by atoms with Crippen LogP contribution in [-0.4, -0.2) is 21.7 Å². The van der Waals surface area contributed by atoms with Crippen LogP contribution in [0.3, 0.4) is 0 Å². The normalized spacial score (nSPS) is 10.9. The van der Waals surface area contributed by atoms with Gasteiger partial charge >= 0.3 is 0 Å². The summed E-state index contributed by atoms with van der Waals surface area (Å²) in [4.78, 5) is 8.91. The molecular formula is C22H20Cl2N4O2S. The number of pyridine rings is 1. The van der Waals surface area contributed by atoms with E-state index in [2.05, 4.69) is 27.4 Å². The SMILES string of the molecule is CCCCCOc1ccc(Nc2nc(-c3cc(-c4ccc(Cl)c(Cl)c4)no3)cs2)cn1. The first-order valence-corrected chi connectivity index (χ1v) is 11.5. The van der Waals surface area contributed by atoms with Gasteiger partial charge in [-0.05, 0) is 24.6 Å². The van der Waals surface area contributed by atoms with Crippen LogP contribution in [0.1, 0.15) is 26.2 Å². The van der Waals surface area contributed by atoms with Crippen LogP contribution in [0.25, 0.3) is 22.7 Å². The standard InChI is InChI=1S/C22H20Cl2N4O2S/c1-2-3-4-9-29-21-8-6-15(12-25-21)26-22-27-19(13-31-22)20-11-18(28-30-20)14-5-7-16(23)17(24)10-14/h5-8,10-13H,2-4,9H2,1H3,(H,26,27). The van der Waals surface area contributed by atoms with Crippen LogP contribution in [0.2, 0.25) is 10.0 Å². The molecule has 4 rings (SSSR count). The van der Waals surface area contributed by atoms with Crippen molar-refractivity contribution in [1.29, 1.82) is 0 Å². The molecule has 0 unspecified atom stereocenters. The Morgan fingerprint density at radius 1 is 1.06 bits per heavy atom. The molecule has 31 heavy (non-hydrogen) atoms. The molecule has 1 N–H and O–H groups in total. The predicted molar refractivity (Wildman–Crippen MR) is 126 cm³/mol. The third kappa shape index (κ3) is 5.55. The molecule has 0 fully saturated rings. The molecule has 4 aromatic rings. The number of nitrogens with one attached hydrogen (secondary N) is 1. The molecule has 9 heteroatoms. The van der Waals surface area contributed by atoms with Crippen molar-refractivity contribution in [2.75, 3.05) is 11.9 Å². The van der Waals surface area contributed by atoms with E-state index in [0.29, 0.717) is 39.7 Å². The lowest BCUT2D eigenvalue weighted by atomic mass is 10.1. The van der Waals surface area contributed by atoms with Gasteiger partial charge in [-0.3, -0.25) is 0 Å². The second-order valence-electron chi connectivity index (χ2n) is 6.81. The summed E-state index contributed by atoms with van der Waals surface area (Å²) < 4.78 is 11.1. The van der Waals surface area contributed by atoms with Crippen LogP contribution in [-0.2, 0) is 0 Å². The number of rotatable bonds is 9. The van der Waals surface area contributed by atoms with Gasteiger partial charge in [0, 0.05) is 23.1 Å². The van der Waals surface area contributed by atoms with Gasteiger partial charge < -0.3 is 14.6 Å². The van der Waals surface area contributed by atoms with Gasteiger partial charge in [-0.25, -0.2) is 9.97 Å². The van der Waals surface area contributed by atoms with E-state index < -0.39 is 0 Å². The molecule has 6 nitrogen and oxygen atoms in total. The Morgan fingerprint density at radius 3 is 2.74 bits per heavy atom. The fourth-order valence-electron chi connectivity index (χ4n) is 2.82. The van der Waals surface area contributed by atoms with Crippen LogP contribution in [0.15, 0.2) is 52.5 Å². The molecule has 0 aliphatic heterocycles. The molecule has 3 aromatic heterocycles. The Morgan fingerprint density at radius 2 is 1.97 bits per heavy atom. The first-order valence-electron chi connectivity index (χ1n) is 9.86. The quantitative estimate of drug-likeness (QED) is 0.253.